The number of para-hydroxylation sites is 1. The van der Waals surface area contributed by atoms with Gasteiger partial charge in [0.25, 0.3) is 0 Å². The van der Waals surface area contributed by atoms with Gasteiger partial charge in [0, 0.05) is 5.69 Å². The number of amides is 1. The second-order valence-electron chi connectivity index (χ2n) is 4.16. The maximum absolute atomic E-state index is 11.0. The monoisotopic (exact) mass is 257 g/mol. The maximum atomic E-state index is 11.0. The Balaban J connectivity index is 2.06. The van der Waals surface area contributed by atoms with Crippen molar-refractivity contribution in [3.63, 3.8) is 0 Å². The number of aromatic nitrogens is 1. The number of anilines is 1. The molecule has 0 bridgehead atoms. The highest BCUT2D eigenvalue weighted by Crippen LogP contribution is 2.16. The zero-order chi connectivity index (χ0) is 13.7. The fourth-order valence-corrected chi connectivity index (χ4v) is 1.74. The Morgan fingerprint density at radius 2 is 2.05 bits per heavy atom. The summed E-state index contributed by atoms with van der Waals surface area (Å²) in [4.78, 5) is 15.1. The summed E-state index contributed by atoms with van der Waals surface area (Å²) in [7, 11) is 0. The molecule has 2 rings (SSSR count). The highest BCUT2D eigenvalue weighted by Gasteiger charge is 2.04. The van der Waals surface area contributed by atoms with Gasteiger partial charge in [0.1, 0.15) is 5.75 Å². The van der Waals surface area contributed by atoms with Crippen molar-refractivity contribution in [3.8, 4) is 5.75 Å². The molecule has 0 saturated heterocycles. The number of nitrogens with one attached hydrogen (secondary N) is 1. The number of hydrogen-bond acceptors (Lipinski definition) is 4. The number of primary amides is 1. The van der Waals surface area contributed by atoms with Gasteiger partial charge in [0.2, 0.25) is 5.91 Å². The lowest BCUT2D eigenvalue weighted by atomic mass is 10.1. The summed E-state index contributed by atoms with van der Waals surface area (Å²) in [6.45, 7) is 0.510. The molecule has 0 aliphatic carbocycles. The summed E-state index contributed by atoms with van der Waals surface area (Å²) in [5.74, 6) is -0.227. The van der Waals surface area contributed by atoms with Crippen molar-refractivity contribution in [1.29, 1.82) is 0 Å². The predicted molar refractivity (Wildman–Crippen MR) is 72.6 cm³/mol. The van der Waals surface area contributed by atoms with Gasteiger partial charge in [-0.2, -0.15) is 0 Å². The smallest absolute Gasteiger partial charge is 0.221 e. The van der Waals surface area contributed by atoms with Crippen LogP contribution in [0, 0.1) is 0 Å². The van der Waals surface area contributed by atoms with Crippen LogP contribution >= 0.6 is 0 Å². The van der Waals surface area contributed by atoms with Crippen molar-refractivity contribution < 1.29 is 9.90 Å². The molecule has 0 radical (unpaired) electrons. The first kappa shape index (κ1) is 12.9. The fraction of sp³-hybridized carbons (Fsp3) is 0.143. The van der Waals surface area contributed by atoms with Crippen LogP contribution in [0.4, 0.5) is 5.69 Å². The Hall–Kier alpha value is -2.56. The summed E-state index contributed by atoms with van der Waals surface area (Å²) < 4.78 is 0. The van der Waals surface area contributed by atoms with Crippen LogP contribution in [0.3, 0.4) is 0 Å². The van der Waals surface area contributed by atoms with Crippen LogP contribution in [0.15, 0.2) is 42.6 Å². The molecule has 1 heterocycles. The van der Waals surface area contributed by atoms with Gasteiger partial charge >= 0.3 is 0 Å². The van der Waals surface area contributed by atoms with Crippen molar-refractivity contribution >= 4 is 11.6 Å². The Morgan fingerprint density at radius 1 is 1.26 bits per heavy atom. The summed E-state index contributed by atoms with van der Waals surface area (Å²) in [6.07, 6.45) is 1.60. The number of carbonyl (C=O) groups excluding carboxylic acids is 1. The van der Waals surface area contributed by atoms with Gasteiger partial charge in [0.05, 0.1) is 24.9 Å². The third-order valence-electron chi connectivity index (χ3n) is 2.65. The van der Waals surface area contributed by atoms with Gasteiger partial charge in [-0.1, -0.05) is 18.2 Å². The average molecular weight is 257 g/mol. The third kappa shape index (κ3) is 3.70. The van der Waals surface area contributed by atoms with Crippen LogP contribution in [-0.2, 0) is 17.8 Å². The molecule has 0 unspecified atom stereocenters. The molecule has 0 fully saturated rings. The second-order valence-corrected chi connectivity index (χ2v) is 4.16. The molecule has 5 heteroatoms. The first-order chi connectivity index (χ1) is 9.15. The van der Waals surface area contributed by atoms with E-state index in [9.17, 15) is 4.79 Å². The normalized spacial score (nSPS) is 10.1. The SMILES string of the molecule is NC(=O)Cc1ccccc1NCc1ccc(O)cn1. The fourth-order valence-electron chi connectivity index (χ4n) is 1.74. The Bertz CT molecular complexity index is 567. The highest BCUT2D eigenvalue weighted by atomic mass is 16.3. The van der Waals surface area contributed by atoms with Crippen molar-refractivity contribution in [2.75, 3.05) is 5.32 Å². The molecule has 4 N–H and O–H groups in total. The number of nitrogens with two attached hydrogens (primary N) is 1. The van der Waals surface area contributed by atoms with Gasteiger partial charge in [-0.25, -0.2) is 0 Å². The summed E-state index contributed by atoms with van der Waals surface area (Å²) >= 11 is 0. The second kappa shape index (κ2) is 5.86. The van der Waals surface area contributed by atoms with Crippen LogP contribution in [0.25, 0.3) is 0 Å². The van der Waals surface area contributed by atoms with Crippen molar-refractivity contribution in [3.05, 3.63) is 53.9 Å². The van der Waals surface area contributed by atoms with Crippen molar-refractivity contribution in [2.24, 2.45) is 5.73 Å². The molecule has 98 valence electrons. The van der Waals surface area contributed by atoms with E-state index >= 15 is 0 Å². The van der Waals surface area contributed by atoms with E-state index in [1.807, 2.05) is 24.3 Å². The lowest BCUT2D eigenvalue weighted by Crippen LogP contribution is -2.15. The lowest BCUT2D eigenvalue weighted by Gasteiger charge is -2.10. The Labute approximate surface area is 111 Å². The molecule has 19 heavy (non-hydrogen) atoms. The van der Waals surface area contributed by atoms with Crippen LogP contribution in [0.5, 0.6) is 5.75 Å². The molecule has 1 aromatic heterocycles. The van der Waals surface area contributed by atoms with Gasteiger partial charge in [0.15, 0.2) is 0 Å². The third-order valence-corrected chi connectivity index (χ3v) is 2.65. The van der Waals surface area contributed by atoms with Gasteiger partial charge in [-0.05, 0) is 23.8 Å². The van der Waals surface area contributed by atoms with E-state index in [4.69, 9.17) is 10.8 Å². The zero-order valence-corrected chi connectivity index (χ0v) is 10.3. The average Bonchev–Trinajstić information content (AvgIpc) is 2.39. The van der Waals surface area contributed by atoms with Crippen LogP contribution < -0.4 is 11.1 Å². The Morgan fingerprint density at radius 3 is 2.74 bits per heavy atom. The van der Waals surface area contributed by atoms with E-state index in [1.54, 1.807) is 12.1 Å². The predicted octanol–water partition coefficient (Wildman–Crippen LogP) is 1.43. The maximum Gasteiger partial charge on any atom is 0.221 e. The molecule has 0 aliphatic rings. The number of rotatable bonds is 5. The van der Waals surface area contributed by atoms with Crippen LogP contribution in [0.2, 0.25) is 0 Å². The number of nitrogens with zero attached hydrogens (tertiary/aromatic N) is 1. The van der Waals surface area contributed by atoms with Crippen molar-refractivity contribution in [2.45, 2.75) is 13.0 Å². The molecular formula is C14H15N3O2. The summed E-state index contributed by atoms with van der Waals surface area (Å²) in [5.41, 5.74) is 7.72. The minimum absolute atomic E-state index is 0.137. The van der Waals surface area contributed by atoms with Gasteiger partial charge < -0.3 is 16.2 Å². The number of hydrogen-bond donors (Lipinski definition) is 3. The van der Waals surface area contributed by atoms with Crippen molar-refractivity contribution in [1.82, 2.24) is 4.98 Å². The molecule has 0 atom stereocenters. The topological polar surface area (TPSA) is 88.2 Å². The van der Waals surface area contributed by atoms with Gasteiger partial charge in [-0.3, -0.25) is 9.78 Å². The number of benzene rings is 1. The van der Waals surface area contributed by atoms with Crippen LogP contribution in [-0.4, -0.2) is 16.0 Å². The number of pyridine rings is 1. The summed E-state index contributed by atoms with van der Waals surface area (Å²) in [5, 5.41) is 12.4. The molecule has 0 aliphatic heterocycles. The number of carbonyl (C=O) groups is 1. The van der Waals surface area contributed by atoms with E-state index < -0.39 is 0 Å². The van der Waals surface area contributed by atoms with E-state index in [-0.39, 0.29) is 18.1 Å². The van der Waals surface area contributed by atoms with Crippen LogP contribution in [0.1, 0.15) is 11.3 Å². The highest BCUT2D eigenvalue weighted by molar-refractivity contribution is 5.78. The molecule has 2 aromatic rings. The molecule has 1 aromatic carbocycles. The largest absolute Gasteiger partial charge is 0.506 e. The van der Waals surface area contributed by atoms with E-state index in [0.717, 1.165) is 16.9 Å². The van der Waals surface area contributed by atoms with E-state index in [2.05, 4.69) is 10.3 Å². The molecular weight excluding hydrogens is 242 g/mol. The van der Waals surface area contributed by atoms with Gasteiger partial charge in [-0.15, -0.1) is 0 Å². The minimum atomic E-state index is -0.364. The first-order valence-electron chi connectivity index (χ1n) is 5.89. The number of aromatic hydroxyl groups is 1. The minimum Gasteiger partial charge on any atom is -0.506 e. The lowest BCUT2D eigenvalue weighted by molar-refractivity contribution is -0.117. The quantitative estimate of drug-likeness (QED) is 0.756. The summed E-state index contributed by atoms with van der Waals surface area (Å²) in [6, 6.07) is 10.8. The molecule has 0 saturated carbocycles. The first-order valence-corrected chi connectivity index (χ1v) is 5.89. The Kier molecular flexibility index (Phi) is 3.97. The molecule has 1 amide bonds. The molecule has 0 spiro atoms. The zero-order valence-electron chi connectivity index (χ0n) is 10.3. The van der Waals surface area contributed by atoms with E-state index in [0.29, 0.717) is 6.54 Å². The molecule has 5 nitrogen and oxygen atoms in total. The van der Waals surface area contributed by atoms with E-state index in [1.165, 1.54) is 6.20 Å². The standard InChI is InChI=1S/C14H15N3O2/c15-14(19)7-10-3-1-2-4-13(10)17-8-11-5-6-12(18)9-16-11/h1-6,9,17-18H,7-8H2,(H2,15,19).